The fraction of sp³-hybridized carbons (Fsp3) is 0.548. The van der Waals surface area contributed by atoms with Gasteiger partial charge in [0.15, 0.2) is 6.04 Å². The summed E-state index contributed by atoms with van der Waals surface area (Å²) in [7, 11) is 0. The number of amides is 1. The Labute approximate surface area is 227 Å². The van der Waals surface area contributed by atoms with Crippen LogP contribution in [0.15, 0.2) is 60.7 Å². The third kappa shape index (κ3) is 11.2. The van der Waals surface area contributed by atoms with Crippen molar-refractivity contribution in [3.05, 3.63) is 71.8 Å². The molecule has 0 unspecified atom stereocenters. The Morgan fingerprint density at radius 2 is 1.21 bits per heavy atom. The van der Waals surface area contributed by atoms with Crippen molar-refractivity contribution in [1.82, 2.24) is 10.6 Å². The molecule has 0 aliphatic heterocycles. The number of nitrogens with one attached hydrogen (secondary N) is 2. The maximum atomic E-state index is 12.1. The first kappa shape index (κ1) is 29.7. The van der Waals surface area contributed by atoms with Gasteiger partial charge in [0, 0.05) is 12.1 Å². The van der Waals surface area contributed by atoms with Crippen molar-refractivity contribution in [1.29, 1.82) is 0 Å². The first-order chi connectivity index (χ1) is 18.5. The van der Waals surface area contributed by atoms with Gasteiger partial charge in [-0.3, -0.25) is 0 Å². The molecule has 2 aliphatic carbocycles. The van der Waals surface area contributed by atoms with Crippen LogP contribution in [0.2, 0.25) is 0 Å². The van der Waals surface area contributed by atoms with E-state index >= 15 is 0 Å². The Morgan fingerprint density at radius 3 is 1.66 bits per heavy atom. The zero-order valence-corrected chi connectivity index (χ0v) is 22.6. The second kappa shape index (κ2) is 16.8. The minimum atomic E-state index is -1.20. The quantitative estimate of drug-likeness (QED) is 0.367. The fourth-order valence-electron chi connectivity index (χ4n) is 4.96. The summed E-state index contributed by atoms with van der Waals surface area (Å²) in [4.78, 5) is 24.0. The number of carbonyl (C=O) groups excluding carboxylic acids is 2. The van der Waals surface area contributed by atoms with Crippen molar-refractivity contribution in [3.8, 4) is 0 Å². The van der Waals surface area contributed by atoms with E-state index in [2.05, 4.69) is 10.6 Å². The summed E-state index contributed by atoms with van der Waals surface area (Å²) in [6, 6.07) is 18.8. The van der Waals surface area contributed by atoms with Gasteiger partial charge in [0.1, 0.15) is 13.2 Å². The molecule has 0 radical (unpaired) electrons. The topological polar surface area (TPSA) is 96.9 Å². The van der Waals surface area contributed by atoms with Gasteiger partial charge in [-0.25, -0.2) is 9.59 Å². The summed E-state index contributed by atoms with van der Waals surface area (Å²) in [5, 5.41) is 15.9. The Hall–Kier alpha value is -2.90. The Balaban J connectivity index is 0.000000256. The molecule has 0 heterocycles. The van der Waals surface area contributed by atoms with E-state index in [1.807, 2.05) is 60.7 Å². The smallest absolute Gasteiger partial charge is 0.408 e. The second-order valence-electron chi connectivity index (χ2n) is 10.4. The van der Waals surface area contributed by atoms with E-state index < -0.39 is 24.2 Å². The minimum Gasteiger partial charge on any atom is -0.459 e. The van der Waals surface area contributed by atoms with Gasteiger partial charge in [-0.15, -0.1) is 0 Å². The third-order valence-electron chi connectivity index (χ3n) is 7.13. The van der Waals surface area contributed by atoms with Crippen LogP contribution in [0.5, 0.6) is 0 Å². The highest BCUT2D eigenvalue weighted by molar-refractivity contribution is 5.81. The van der Waals surface area contributed by atoms with Crippen molar-refractivity contribution in [3.63, 3.8) is 0 Å². The van der Waals surface area contributed by atoms with Crippen molar-refractivity contribution in [2.45, 2.75) is 109 Å². The van der Waals surface area contributed by atoms with Gasteiger partial charge in [0.05, 0.1) is 6.10 Å². The van der Waals surface area contributed by atoms with Crippen molar-refractivity contribution in [2.24, 2.45) is 0 Å². The molecule has 2 aliphatic rings. The van der Waals surface area contributed by atoms with Crippen molar-refractivity contribution in [2.75, 3.05) is 0 Å². The molecule has 2 atom stereocenters. The lowest BCUT2D eigenvalue weighted by molar-refractivity contribution is -0.150. The predicted molar refractivity (Wildman–Crippen MR) is 148 cm³/mol. The molecule has 3 N–H and O–H groups in total. The lowest BCUT2D eigenvalue weighted by atomic mass is 9.91. The predicted octanol–water partition coefficient (Wildman–Crippen LogP) is 5.65. The summed E-state index contributed by atoms with van der Waals surface area (Å²) in [5.74, 6) is -0.726. The number of hydrogen-bond donors (Lipinski definition) is 3. The molecule has 1 amide bonds. The van der Waals surface area contributed by atoms with Gasteiger partial charge in [-0.1, -0.05) is 99.2 Å². The Kier molecular flexibility index (Phi) is 13.1. The second-order valence-corrected chi connectivity index (χ2v) is 10.4. The van der Waals surface area contributed by atoms with Crippen LogP contribution in [0.3, 0.4) is 0 Å². The summed E-state index contributed by atoms with van der Waals surface area (Å²) in [6.07, 6.45) is 12.6. The van der Waals surface area contributed by atoms with Crippen LogP contribution in [0.4, 0.5) is 4.79 Å². The number of esters is 1. The van der Waals surface area contributed by atoms with Gasteiger partial charge >= 0.3 is 12.1 Å². The molecule has 0 spiro atoms. The molecule has 2 aromatic carbocycles. The van der Waals surface area contributed by atoms with Gasteiger partial charge in [0.2, 0.25) is 0 Å². The monoisotopic (exact) mass is 524 g/mol. The molecule has 208 valence electrons. The molecule has 7 nitrogen and oxygen atoms in total. The average Bonchev–Trinajstić information content (AvgIpc) is 2.96. The molecule has 2 fully saturated rings. The molecular formula is C31H44N2O5. The van der Waals surface area contributed by atoms with Crippen LogP contribution in [-0.4, -0.2) is 41.4 Å². The van der Waals surface area contributed by atoms with Crippen molar-refractivity contribution < 1.29 is 24.2 Å². The number of aliphatic hydroxyl groups excluding tert-OH is 1. The maximum Gasteiger partial charge on any atom is 0.408 e. The lowest BCUT2D eigenvalue weighted by Gasteiger charge is -2.30. The number of aliphatic hydroxyl groups is 1. The summed E-state index contributed by atoms with van der Waals surface area (Å²) in [5.41, 5.74) is 1.63. The highest BCUT2D eigenvalue weighted by Gasteiger charge is 2.28. The molecule has 2 saturated carbocycles. The summed E-state index contributed by atoms with van der Waals surface area (Å²) >= 11 is 0. The number of alkyl carbamates (subject to hydrolysis) is 1. The maximum absolute atomic E-state index is 12.1. The minimum absolute atomic E-state index is 0.0592. The van der Waals surface area contributed by atoms with E-state index in [0.29, 0.717) is 0 Å². The highest BCUT2D eigenvalue weighted by Crippen LogP contribution is 2.22. The van der Waals surface area contributed by atoms with Crippen LogP contribution >= 0.6 is 0 Å². The molecule has 38 heavy (non-hydrogen) atoms. The lowest BCUT2D eigenvalue weighted by Crippen LogP contribution is -2.48. The molecule has 0 bridgehead atoms. The number of hydrogen-bond acceptors (Lipinski definition) is 6. The van der Waals surface area contributed by atoms with E-state index in [4.69, 9.17) is 9.47 Å². The third-order valence-corrected chi connectivity index (χ3v) is 7.13. The zero-order chi connectivity index (χ0) is 27.0. The summed E-state index contributed by atoms with van der Waals surface area (Å²) in [6.45, 7) is 1.52. The first-order valence-corrected chi connectivity index (χ1v) is 14.1. The van der Waals surface area contributed by atoms with E-state index in [1.54, 1.807) is 0 Å². The first-order valence-electron chi connectivity index (χ1n) is 14.1. The number of carbonyl (C=O) groups is 2. The molecule has 0 saturated heterocycles. The van der Waals surface area contributed by atoms with Crippen LogP contribution in [0.1, 0.15) is 82.3 Å². The van der Waals surface area contributed by atoms with Gasteiger partial charge in [-0.05, 0) is 43.7 Å². The highest BCUT2D eigenvalue weighted by atomic mass is 16.6. The van der Waals surface area contributed by atoms with Crippen LogP contribution < -0.4 is 10.6 Å². The van der Waals surface area contributed by atoms with E-state index in [-0.39, 0.29) is 13.2 Å². The van der Waals surface area contributed by atoms with Crippen molar-refractivity contribution >= 4 is 12.1 Å². The van der Waals surface area contributed by atoms with Crippen LogP contribution in [-0.2, 0) is 27.5 Å². The van der Waals surface area contributed by atoms with E-state index in [9.17, 15) is 14.7 Å². The number of benzene rings is 2. The largest absolute Gasteiger partial charge is 0.459 e. The Morgan fingerprint density at radius 1 is 0.763 bits per heavy atom. The standard InChI is InChI=1S/C19H21NO5.C12H23N/c1-14(21)17(18(22)24-12-15-8-4-2-5-9-15)20-19(23)25-13-16-10-6-3-7-11-16;1-3-7-11(8-4-1)13-12-9-5-2-6-10-12/h2-11,14,17,21H,12-13H2,1H3,(H,20,23);11-13H,1-10H2/t14-,17+;/m1./s1. The number of rotatable bonds is 9. The molecule has 7 heteroatoms. The average molecular weight is 525 g/mol. The van der Waals surface area contributed by atoms with Crippen LogP contribution in [0.25, 0.3) is 0 Å². The normalized spacial score (nSPS) is 17.8. The molecule has 2 aromatic rings. The van der Waals surface area contributed by atoms with E-state index in [1.165, 1.54) is 71.1 Å². The van der Waals surface area contributed by atoms with Gasteiger partial charge in [-0.2, -0.15) is 0 Å². The zero-order valence-electron chi connectivity index (χ0n) is 22.6. The number of ether oxygens (including phenoxy) is 2. The molecular weight excluding hydrogens is 480 g/mol. The molecule has 4 rings (SSSR count). The summed E-state index contributed by atoms with van der Waals surface area (Å²) < 4.78 is 10.2. The van der Waals surface area contributed by atoms with Crippen LogP contribution in [0, 0.1) is 0 Å². The fourth-order valence-corrected chi connectivity index (χ4v) is 4.96. The van der Waals surface area contributed by atoms with Gasteiger partial charge < -0.3 is 25.2 Å². The SMILES string of the molecule is C1CCC(NC2CCCCC2)CC1.C[C@@H](O)[C@H](NC(=O)OCc1ccccc1)C(=O)OCc1ccccc1. The Bertz CT molecular complexity index is 910. The molecule has 0 aromatic heterocycles. The van der Waals surface area contributed by atoms with E-state index in [0.717, 1.165) is 23.2 Å². The van der Waals surface area contributed by atoms with Gasteiger partial charge in [0.25, 0.3) is 0 Å².